The van der Waals surface area contributed by atoms with Gasteiger partial charge in [-0.2, -0.15) is 0 Å². The minimum atomic E-state index is -2.29. The molecular formula is C16H18O6S. The number of fused-ring (bicyclic) bond motifs is 1. The fraction of sp³-hybridized carbons (Fsp3) is 0.438. The van der Waals surface area contributed by atoms with Gasteiger partial charge in [-0.3, -0.25) is 0 Å². The van der Waals surface area contributed by atoms with Crippen LogP contribution in [0, 0.1) is 5.92 Å². The van der Waals surface area contributed by atoms with E-state index in [9.17, 15) is 30.3 Å². The molecular weight excluding hydrogens is 320 g/mol. The lowest BCUT2D eigenvalue weighted by Gasteiger charge is -2.44. The van der Waals surface area contributed by atoms with Gasteiger partial charge in [-0.1, -0.05) is 12.1 Å². The molecule has 0 saturated heterocycles. The van der Waals surface area contributed by atoms with Crippen LogP contribution in [0.25, 0.3) is 10.1 Å². The Labute approximate surface area is 136 Å². The molecule has 7 heteroatoms. The molecule has 0 unspecified atom stereocenters. The zero-order valence-electron chi connectivity index (χ0n) is 12.2. The Morgan fingerprint density at radius 3 is 2.65 bits per heavy atom. The van der Waals surface area contributed by atoms with E-state index in [0.717, 1.165) is 15.6 Å². The zero-order valence-corrected chi connectivity index (χ0v) is 13.0. The number of carbonyl (C=O) groups is 1. The van der Waals surface area contributed by atoms with E-state index in [1.165, 1.54) is 0 Å². The highest BCUT2D eigenvalue weighted by molar-refractivity contribution is 7.17. The molecule has 1 aliphatic rings. The van der Waals surface area contributed by atoms with Crippen LogP contribution in [0.5, 0.6) is 0 Å². The third-order valence-corrected chi connectivity index (χ3v) is 5.53. The van der Waals surface area contributed by atoms with Crippen LogP contribution >= 0.6 is 11.3 Å². The van der Waals surface area contributed by atoms with Crippen LogP contribution in [0.4, 0.5) is 0 Å². The van der Waals surface area contributed by atoms with Crippen molar-refractivity contribution in [3.63, 3.8) is 0 Å². The molecule has 3 rings (SSSR count). The van der Waals surface area contributed by atoms with Gasteiger partial charge in [-0.25, -0.2) is 4.79 Å². The molecule has 1 fully saturated rings. The molecule has 0 aliphatic heterocycles. The van der Waals surface area contributed by atoms with Gasteiger partial charge in [-0.05, 0) is 34.9 Å². The standard InChI is InChI=1S/C16H18O6S/c17-11-7-16(22,15(20)21)10(13(18)14(11)19)6-8-1-2-12-9(5-8)3-4-23-12/h1-5,10-11,13-14,17-19,22H,6-7H2,(H,20,21)/t10-,11+,13+,14-,16-/m0/s1. The summed E-state index contributed by atoms with van der Waals surface area (Å²) in [5.74, 6) is -2.63. The molecule has 1 saturated carbocycles. The van der Waals surface area contributed by atoms with Crippen molar-refractivity contribution >= 4 is 27.4 Å². The van der Waals surface area contributed by atoms with Crippen molar-refractivity contribution in [3.05, 3.63) is 35.2 Å². The number of aliphatic carboxylic acids is 1. The van der Waals surface area contributed by atoms with E-state index in [1.807, 2.05) is 29.6 Å². The number of carboxylic acids is 1. The van der Waals surface area contributed by atoms with E-state index >= 15 is 0 Å². The van der Waals surface area contributed by atoms with Crippen LogP contribution in [0.2, 0.25) is 0 Å². The molecule has 1 aliphatic carbocycles. The van der Waals surface area contributed by atoms with E-state index in [4.69, 9.17) is 0 Å². The molecule has 0 radical (unpaired) electrons. The summed E-state index contributed by atoms with van der Waals surface area (Å²) in [4.78, 5) is 11.5. The number of carboxylic acid groups (broad SMARTS) is 1. The zero-order chi connectivity index (χ0) is 16.8. The first kappa shape index (κ1) is 16.4. The molecule has 23 heavy (non-hydrogen) atoms. The fourth-order valence-electron chi connectivity index (χ4n) is 3.27. The number of hydrogen-bond acceptors (Lipinski definition) is 6. The molecule has 1 aromatic carbocycles. The Kier molecular flexibility index (Phi) is 4.16. The number of benzene rings is 1. The summed E-state index contributed by atoms with van der Waals surface area (Å²) in [7, 11) is 0. The molecule has 0 spiro atoms. The number of rotatable bonds is 3. The van der Waals surface area contributed by atoms with Gasteiger partial charge in [0.25, 0.3) is 0 Å². The number of aliphatic hydroxyl groups excluding tert-OH is 3. The van der Waals surface area contributed by atoms with Gasteiger partial charge >= 0.3 is 5.97 Å². The summed E-state index contributed by atoms with van der Waals surface area (Å²) in [6.45, 7) is 0. The highest BCUT2D eigenvalue weighted by atomic mass is 32.1. The summed E-state index contributed by atoms with van der Waals surface area (Å²) >= 11 is 1.58. The smallest absolute Gasteiger partial charge is 0.336 e. The van der Waals surface area contributed by atoms with E-state index in [2.05, 4.69) is 0 Å². The Morgan fingerprint density at radius 2 is 1.96 bits per heavy atom. The van der Waals surface area contributed by atoms with Crippen molar-refractivity contribution in [2.24, 2.45) is 5.92 Å². The summed E-state index contributed by atoms with van der Waals surface area (Å²) in [6.07, 6.45) is -4.94. The second-order valence-electron chi connectivity index (χ2n) is 6.09. The van der Waals surface area contributed by atoms with Crippen molar-refractivity contribution in [3.8, 4) is 0 Å². The van der Waals surface area contributed by atoms with Crippen LogP contribution in [0.1, 0.15) is 12.0 Å². The molecule has 2 aromatic rings. The monoisotopic (exact) mass is 338 g/mol. The normalized spacial score (nSPS) is 34.6. The second-order valence-corrected chi connectivity index (χ2v) is 7.03. The van der Waals surface area contributed by atoms with Crippen molar-refractivity contribution in [2.75, 3.05) is 0 Å². The van der Waals surface area contributed by atoms with Gasteiger partial charge in [0.1, 0.15) is 6.10 Å². The van der Waals surface area contributed by atoms with Crippen molar-refractivity contribution in [1.82, 2.24) is 0 Å². The minimum absolute atomic E-state index is 0.0829. The van der Waals surface area contributed by atoms with Crippen LogP contribution in [-0.2, 0) is 11.2 Å². The van der Waals surface area contributed by atoms with E-state index in [0.29, 0.717) is 0 Å². The molecule has 5 atom stereocenters. The molecule has 6 nitrogen and oxygen atoms in total. The Hall–Kier alpha value is -1.51. The predicted molar refractivity (Wildman–Crippen MR) is 84.2 cm³/mol. The maximum atomic E-state index is 11.5. The third-order valence-electron chi connectivity index (χ3n) is 4.63. The molecule has 1 heterocycles. The highest BCUT2D eigenvalue weighted by Gasteiger charge is 2.55. The molecule has 1 aromatic heterocycles. The summed E-state index contributed by atoms with van der Waals surface area (Å²) in [5.41, 5.74) is -1.54. The van der Waals surface area contributed by atoms with Gasteiger partial charge in [-0.15, -0.1) is 11.3 Å². The number of aliphatic hydroxyl groups is 4. The van der Waals surface area contributed by atoms with Gasteiger partial charge in [0.2, 0.25) is 0 Å². The Balaban J connectivity index is 1.94. The van der Waals surface area contributed by atoms with Gasteiger partial charge < -0.3 is 25.5 Å². The predicted octanol–water partition coefficient (Wildman–Crippen LogP) is 0.362. The molecule has 0 amide bonds. The first-order valence-corrected chi connectivity index (χ1v) is 8.17. The van der Waals surface area contributed by atoms with Crippen molar-refractivity contribution in [1.29, 1.82) is 0 Å². The summed E-state index contributed by atoms with van der Waals surface area (Å²) in [6, 6.07) is 7.52. The first-order valence-electron chi connectivity index (χ1n) is 7.29. The lowest BCUT2D eigenvalue weighted by molar-refractivity contribution is -0.209. The Bertz CT molecular complexity index is 728. The molecule has 5 N–H and O–H groups in total. The van der Waals surface area contributed by atoms with Crippen LogP contribution < -0.4 is 0 Å². The van der Waals surface area contributed by atoms with Crippen LogP contribution in [-0.4, -0.2) is 55.4 Å². The van der Waals surface area contributed by atoms with Crippen LogP contribution in [0.3, 0.4) is 0 Å². The third kappa shape index (κ3) is 2.75. The topological polar surface area (TPSA) is 118 Å². The highest BCUT2D eigenvalue weighted by Crippen LogP contribution is 2.37. The molecule has 124 valence electrons. The van der Waals surface area contributed by atoms with Gasteiger partial charge in [0.05, 0.1) is 12.2 Å². The summed E-state index contributed by atoms with van der Waals surface area (Å²) in [5, 5.41) is 52.5. The van der Waals surface area contributed by atoms with E-state index < -0.39 is 42.2 Å². The van der Waals surface area contributed by atoms with E-state index in [1.54, 1.807) is 11.3 Å². The van der Waals surface area contributed by atoms with Crippen LogP contribution in [0.15, 0.2) is 29.6 Å². The summed E-state index contributed by atoms with van der Waals surface area (Å²) < 4.78 is 1.09. The Morgan fingerprint density at radius 1 is 1.22 bits per heavy atom. The average molecular weight is 338 g/mol. The van der Waals surface area contributed by atoms with Crippen molar-refractivity contribution in [2.45, 2.75) is 36.8 Å². The van der Waals surface area contributed by atoms with Crippen molar-refractivity contribution < 1.29 is 30.3 Å². The average Bonchev–Trinajstić information content (AvgIpc) is 2.97. The minimum Gasteiger partial charge on any atom is -0.479 e. The quantitative estimate of drug-likeness (QED) is 0.551. The van der Waals surface area contributed by atoms with E-state index in [-0.39, 0.29) is 6.42 Å². The maximum Gasteiger partial charge on any atom is 0.336 e. The fourth-order valence-corrected chi connectivity index (χ4v) is 4.04. The lowest BCUT2D eigenvalue weighted by atomic mass is 9.68. The number of hydrogen-bond donors (Lipinski definition) is 5. The van der Waals surface area contributed by atoms with Gasteiger partial charge in [0, 0.05) is 17.0 Å². The second kappa shape index (κ2) is 5.85. The molecule has 0 bridgehead atoms. The largest absolute Gasteiger partial charge is 0.479 e. The van der Waals surface area contributed by atoms with Gasteiger partial charge in [0.15, 0.2) is 5.60 Å². The SMILES string of the molecule is O=C(O)[C@]1(O)C[C@@H](O)[C@H](O)[C@H](O)[C@@H]1Cc1ccc2sccc2c1. The first-order chi connectivity index (χ1) is 10.8. The lowest BCUT2D eigenvalue weighted by Crippen LogP contribution is -2.63. The number of thiophene rings is 1. The maximum absolute atomic E-state index is 11.5.